The van der Waals surface area contributed by atoms with E-state index in [1.54, 1.807) is 0 Å². The topological polar surface area (TPSA) is 51.2 Å². The maximum absolute atomic E-state index is 10.9. The van der Waals surface area contributed by atoms with Gasteiger partial charge in [-0.15, -0.1) is 0 Å². The average Bonchev–Trinajstić information content (AvgIpc) is 2.22. The minimum Gasteiger partial charge on any atom is -0.300 e. The highest BCUT2D eigenvalue weighted by atomic mass is 19.4. The lowest BCUT2D eigenvalue weighted by Gasteiger charge is -2.06. The van der Waals surface area contributed by atoms with E-state index in [-0.39, 0.29) is 5.78 Å². The van der Waals surface area contributed by atoms with Crippen molar-refractivity contribution < 1.29 is 67.1 Å². The van der Waals surface area contributed by atoms with Crippen molar-refractivity contribution in [2.75, 3.05) is 0 Å². The number of carbonyl (C=O) groups is 3. The zero-order chi connectivity index (χ0) is 20.7. The third kappa shape index (κ3) is 15.1. The van der Waals surface area contributed by atoms with Gasteiger partial charge in [0.2, 0.25) is 0 Å². The first-order valence-electron chi connectivity index (χ1n) is 4.88. The van der Waals surface area contributed by atoms with Crippen molar-refractivity contribution in [3.63, 3.8) is 0 Å². The Labute approximate surface area is 124 Å². The number of Topliss-reactive ketones (excluding diaryl/α,β-unsaturated/α-hetero) is 3. The molecule has 3 nitrogen and oxygen atoms in total. The highest BCUT2D eigenvalue weighted by Crippen LogP contribution is 2.28. The summed E-state index contributed by atoms with van der Waals surface area (Å²) >= 11 is 0. The zero-order valence-electron chi connectivity index (χ0n) is 11.3. The van der Waals surface area contributed by atoms with Gasteiger partial charge < -0.3 is 4.79 Å². The first-order chi connectivity index (χ1) is 10.0. The van der Waals surface area contributed by atoms with Gasteiger partial charge in [0.15, 0.2) is 0 Å². The molecule has 15 heteroatoms. The van der Waals surface area contributed by atoms with Gasteiger partial charge in [-0.25, -0.2) is 0 Å². The molecule has 0 aromatic heterocycles. The van der Waals surface area contributed by atoms with Crippen LogP contribution in [0.15, 0.2) is 0 Å². The first-order valence-corrected chi connectivity index (χ1v) is 4.88. The quantitative estimate of drug-likeness (QED) is 0.589. The molecular formula is C9H6F12O3. The molecule has 0 aliphatic heterocycles. The molecule has 0 bridgehead atoms. The summed E-state index contributed by atoms with van der Waals surface area (Å²) in [6, 6.07) is 0. The van der Waals surface area contributed by atoms with Crippen LogP contribution in [0.4, 0.5) is 52.7 Å². The summed E-state index contributed by atoms with van der Waals surface area (Å²) in [7, 11) is 0. The third-order valence-corrected chi connectivity index (χ3v) is 1.03. The van der Waals surface area contributed by atoms with Gasteiger partial charge in [0.05, 0.1) is 0 Å². The van der Waals surface area contributed by atoms with Crippen molar-refractivity contribution >= 4 is 17.3 Å². The molecule has 0 aromatic rings. The largest absolute Gasteiger partial charge is 0.459 e. The number of rotatable bonds is 0. The fraction of sp³-hybridized carbons (Fsp3) is 0.667. The van der Waals surface area contributed by atoms with Crippen LogP contribution in [0.1, 0.15) is 13.8 Å². The molecule has 0 aliphatic rings. The summed E-state index contributed by atoms with van der Waals surface area (Å²) in [5.41, 5.74) is 0. The minimum absolute atomic E-state index is 0.167. The summed E-state index contributed by atoms with van der Waals surface area (Å²) < 4.78 is 131. The number of carbonyl (C=O) groups excluding carboxylic acids is 3. The van der Waals surface area contributed by atoms with Crippen molar-refractivity contribution in [1.29, 1.82) is 0 Å². The number of hydrogen-bond acceptors (Lipinski definition) is 3. The van der Waals surface area contributed by atoms with E-state index in [4.69, 9.17) is 0 Å². The van der Waals surface area contributed by atoms with E-state index in [1.165, 1.54) is 13.8 Å². The van der Waals surface area contributed by atoms with Crippen LogP contribution < -0.4 is 0 Å². The van der Waals surface area contributed by atoms with Gasteiger partial charge in [-0.1, -0.05) is 0 Å². The molecule has 0 heterocycles. The van der Waals surface area contributed by atoms with Gasteiger partial charge in [0.25, 0.3) is 0 Å². The van der Waals surface area contributed by atoms with Crippen LogP contribution in [0.2, 0.25) is 0 Å². The standard InChI is InChI=1S/2C3F6O.C3H6O/c2*4-2(5,6)1(10)3(7,8)9;1-3(2)4/h;;1-2H3. The van der Waals surface area contributed by atoms with E-state index in [9.17, 15) is 67.1 Å². The highest BCUT2D eigenvalue weighted by Gasteiger charge is 2.56. The van der Waals surface area contributed by atoms with Crippen LogP contribution in [0.3, 0.4) is 0 Å². The summed E-state index contributed by atoms with van der Waals surface area (Å²) in [5, 5.41) is 0. The molecular weight excluding hydrogens is 384 g/mol. The SMILES string of the molecule is CC(C)=O.O=C(C(F)(F)F)C(F)(F)F.O=C(C(F)(F)F)C(F)(F)F. The van der Waals surface area contributed by atoms with E-state index in [2.05, 4.69) is 0 Å². The summed E-state index contributed by atoms with van der Waals surface area (Å²) in [6.45, 7) is 3.06. The molecule has 0 fully saturated rings. The van der Waals surface area contributed by atoms with Crippen molar-refractivity contribution in [2.45, 2.75) is 38.6 Å². The molecule has 0 unspecified atom stereocenters. The van der Waals surface area contributed by atoms with Gasteiger partial charge in [0, 0.05) is 0 Å². The van der Waals surface area contributed by atoms with Gasteiger partial charge in [0.1, 0.15) is 5.78 Å². The minimum atomic E-state index is -5.82. The molecule has 0 aromatic carbocycles. The molecule has 0 saturated heterocycles. The molecule has 24 heavy (non-hydrogen) atoms. The summed E-state index contributed by atoms with van der Waals surface area (Å²) in [5.74, 6) is -7.19. The normalized spacial score (nSPS) is 12.2. The van der Waals surface area contributed by atoms with Gasteiger partial charge >= 0.3 is 36.3 Å². The number of alkyl halides is 12. The fourth-order valence-electron chi connectivity index (χ4n) is 0.321. The molecule has 0 amide bonds. The Hall–Kier alpha value is -1.83. The first kappa shape index (κ1) is 27.0. The second-order valence-electron chi connectivity index (χ2n) is 3.56. The molecule has 0 atom stereocenters. The molecule has 0 saturated carbocycles. The third-order valence-electron chi connectivity index (χ3n) is 1.03. The zero-order valence-corrected chi connectivity index (χ0v) is 11.3. The second kappa shape index (κ2) is 8.86. The Morgan fingerprint density at radius 2 is 0.542 bits per heavy atom. The lowest BCUT2D eigenvalue weighted by molar-refractivity contribution is -0.217. The molecule has 0 aliphatic carbocycles. The van der Waals surface area contributed by atoms with Crippen molar-refractivity contribution in [2.24, 2.45) is 0 Å². The molecule has 0 radical (unpaired) electrons. The van der Waals surface area contributed by atoms with Crippen molar-refractivity contribution in [3.8, 4) is 0 Å². The second-order valence-corrected chi connectivity index (χ2v) is 3.56. The molecule has 0 rings (SSSR count). The van der Waals surface area contributed by atoms with Crippen molar-refractivity contribution in [3.05, 3.63) is 0 Å². The Morgan fingerprint density at radius 1 is 0.458 bits per heavy atom. The van der Waals surface area contributed by atoms with E-state index in [1.807, 2.05) is 0 Å². The molecule has 0 spiro atoms. The summed E-state index contributed by atoms with van der Waals surface area (Å²) in [6.07, 6.45) is -23.3. The van der Waals surface area contributed by atoms with Crippen LogP contribution >= 0.6 is 0 Å². The summed E-state index contributed by atoms with van der Waals surface area (Å²) in [4.78, 5) is 27.9. The predicted octanol–water partition coefficient (Wildman–Crippen LogP) is 3.96. The lowest BCUT2D eigenvalue weighted by Crippen LogP contribution is -2.36. The number of ketones is 3. The predicted molar refractivity (Wildman–Crippen MR) is 50.6 cm³/mol. The van der Waals surface area contributed by atoms with E-state index >= 15 is 0 Å². The van der Waals surface area contributed by atoms with Gasteiger partial charge in [-0.3, -0.25) is 9.59 Å². The number of hydrogen-bond donors (Lipinski definition) is 0. The van der Waals surface area contributed by atoms with Crippen LogP contribution in [0.25, 0.3) is 0 Å². The van der Waals surface area contributed by atoms with Crippen LogP contribution in [-0.2, 0) is 14.4 Å². The Balaban J connectivity index is -0.000000301. The fourth-order valence-corrected chi connectivity index (χ4v) is 0.321. The average molecular weight is 390 g/mol. The smallest absolute Gasteiger partial charge is 0.300 e. The van der Waals surface area contributed by atoms with Crippen LogP contribution in [-0.4, -0.2) is 42.1 Å². The van der Waals surface area contributed by atoms with Gasteiger partial charge in [-0.2, -0.15) is 52.7 Å². The van der Waals surface area contributed by atoms with E-state index < -0.39 is 36.3 Å². The molecule has 0 N–H and O–H groups in total. The number of halogens is 12. The Bertz CT molecular complexity index is 365. The maximum Gasteiger partial charge on any atom is 0.459 e. The van der Waals surface area contributed by atoms with Crippen LogP contribution in [0.5, 0.6) is 0 Å². The molecule has 144 valence electrons. The maximum atomic E-state index is 10.9. The highest BCUT2D eigenvalue weighted by molar-refractivity contribution is 5.89. The monoisotopic (exact) mass is 390 g/mol. The lowest BCUT2D eigenvalue weighted by atomic mass is 10.4. The van der Waals surface area contributed by atoms with E-state index in [0.29, 0.717) is 0 Å². The Kier molecular flexibility index (Phi) is 9.99. The Morgan fingerprint density at radius 3 is 0.542 bits per heavy atom. The van der Waals surface area contributed by atoms with E-state index in [0.717, 1.165) is 0 Å². The van der Waals surface area contributed by atoms with Crippen molar-refractivity contribution in [1.82, 2.24) is 0 Å². The van der Waals surface area contributed by atoms with Gasteiger partial charge in [-0.05, 0) is 13.8 Å². The van der Waals surface area contributed by atoms with Crippen LogP contribution in [0, 0.1) is 0 Å².